The Morgan fingerprint density at radius 1 is 1.30 bits per heavy atom. The normalized spacial score (nSPS) is 29.9. The van der Waals surface area contributed by atoms with Crippen LogP contribution in [-0.4, -0.2) is 34.6 Å². The average molecular weight is 277 g/mol. The minimum atomic E-state index is -0.607. The first-order valence-corrected chi connectivity index (χ1v) is 7.36. The van der Waals surface area contributed by atoms with Crippen LogP contribution < -0.4 is 0 Å². The molecule has 2 unspecified atom stereocenters. The molecule has 1 saturated carbocycles. The van der Waals surface area contributed by atoms with E-state index in [2.05, 4.69) is 0 Å². The summed E-state index contributed by atoms with van der Waals surface area (Å²) >= 11 is 0. The molecule has 1 amide bonds. The van der Waals surface area contributed by atoms with E-state index in [1.807, 2.05) is 0 Å². The Morgan fingerprint density at radius 2 is 2.10 bits per heavy atom. The van der Waals surface area contributed by atoms with E-state index >= 15 is 0 Å². The molecule has 0 radical (unpaired) electrons. The van der Waals surface area contributed by atoms with Gasteiger partial charge in [-0.1, -0.05) is 25.0 Å². The fourth-order valence-corrected chi connectivity index (χ4v) is 3.56. The smallest absolute Gasteiger partial charge is 0.256 e. The Kier molecular flexibility index (Phi) is 3.50. The molecule has 4 heteroatoms. The number of piperidine rings is 1. The largest absolute Gasteiger partial charge is 0.389 e. The van der Waals surface area contributed by atoms with Crippen LogP contribution in [0.4, 0.5) is 4.39 Å². The van der Waals surface area contributed by atoms with Crippen LogP contribution >= 0.6 is 0 Å². The molecular weight excluding hydrogens is 257 g/mol. The SMILES string of the molecule is O=C(c1ccccc1F)N1CCC2(O)CCCCC2C1. The van der Waals surface area contributed by atoms with Crippen LogP contribution in [0.15, 0.2) is 24.3 Å². The van der Waals surface area contributed by atoms with E-state index in [9.17, 15) is 14.3 Å². The molecule has 1 saturated heterocycles. The lowest BCUT2D eigenvalue weighted by molar-refractivity contribution is -0.0886. The van der Waals surface area contributed by atoms with Gasteiger partial charge in [0.2, 0.25) is 0 Å². The summed E-state index contributed by atoms with van der Waals surface area (Å²) in [6.07, 6.45) is 4.57. The lowest BCUT2D eigenvalue weighted by atomic mass is 9.71. The van der Waals surface area contributed by atoms with Crippen molar-refractivity contribution >= 4 is 5.91 Å². The van der Waals surface area contributed by atoms with Crippen molar-refractivity contribution in [2.24, 2.45) is 5.92 Å². The lowest BCUT2D eigenvalue weighted by Crippen LogP contribution is -2.54. The highest BCUT2D eigenvalue weighted by Crippen LogP contribution is 2.40. The van der Waals surface area contributed by atoms with E-state index in [1.165, 1.54) is 12.1 Å². The van der Waals surface area contributed by atoms with Crippen molar-refractivity contribution in [1.82, 2.24) is 4.90 Å². The molecule has 2 aliphatic rings. The first kappa shape index (κ1) is 13.6. The Morgan fingerprint density at radius 3 is 2.90 bits per heavy atom. The summed E-state index contributed by atoms with van der Waals surface area (Å²) in [7, 11) is 0. The summed E-state index contributed by atoms with van der Waals surface area (Å²) in [6, 6.07) is 6.10. The van der Waals surface area contributed by atoms with Crippen molar-refractivity contribution in [2.45, 2.75) is 37.7 Å². The van der Waals surface area contributed by atoms with E-state index in [-0.39, 0.29) is 17.4 Å². The van der Waals surface area contributed by atoms with E-state index in [0.29, 0.717) is 19.5 Å². The van der Waals surface area contributed by atoms with Gasteiger partial charge in [-0.3, -0.25) is 4.79 Å². The van der Waals surface area contributed by atoms with Crippen LogP contribution in [0.5, 0.6) is 0 Å². The van der Waals surface area contributed by atoms with Crippen LogP contribution in [-0.2, 0) is 0 Å². The third kappa shape index (κ3) is 2.33. The maximum absolute atomic E-state index is 13.7. The van der Waals surface area contributed by atoms with Gasteiger partial charge in [-0.15, -0.1) is 0 Å². The van der Waals surface area contributed by atoms with Gasteiger partial charge >= 0.3 is 0 Å². The maximum Gasteiger partial charge on any atom is 0.256 e. The number of likely N-dealkylation sites (tertiary alicyclic amines) is 1. The van der Waals surface area contributed by atoms with Crippen molar-refractivity contribution in [1.29, 1.82) is 0 Å². The van der Waals surface area contributed by atoms with Crippen molar-refractivity contribution < 1.29 is 14.3 Å². The molecule has 1 aromatic carbocycles. The van der Waals surface area contributed by atoms with E-state index < -0.39 is 11.4 Å². The summed E-state index contributed by atoms with van der Waals surface area (Å²) in [6.45, 7) is 1.06. The molecule has 1 aliphatic heterocycles. The fourth-order valence-electron chi connectivity index (χ4n) is 3.56. The number of benzene rings is 1. The van der Waals surface area contributed by atoms with Gasteiger partial charge in [-0.25, -0.2) is 4.39 Å². The van der Waals surface area contributed by atoms with Gasteiger partial charge in [0, 0.05) is 19.0 Å². The topological polar surface area (TPSA) is 40.5 Å². The average Bonchev–Trinajstić information content (AvgIpc) is 2.46. The number of rotatable bonds is 1. The van der Waals surface area contributed by atoms with Gasteiger partial charge in [0.05, 0.1) is 11.2 Å². The standard InChI is InChI=1S/C16H20FNO2/c17-14-7-2-1-6-13(14)15(19)18-10-9-16(20)8-4-3-5-12(16)11-18/h1-2,6-7,12,20H,3-5,8-11H2. The number of hydrogen-bond donors (Lipinski definition) is 1. The molecule has 1 heterocycles. The van der Waals surface area contributed by atoms with Crippen LogP contribution in [0.2, 0.25) is 0 Å². The van der Waals surface area contributed by atoms with Gasteiger partial charge in [-0.05, 0) is 31.4 Å². The molecule has 108 valence electrons. The quantitative estimate of drug-likeness (QED) is 0.857. The maximum atomic E-state index is 13.7. The molecule has 20 heavy (non-hydrogen) atoms. The van der Waals surface area contributed by atoms with Crippen molar-refractivity contribution in [3.05, 3.63) is 35.6 Å². The highest BCUT2D eigenvalue weighted by molar-refractivity contribution is 5.94. The molecule has 1 aromatic rings. The number of carbonyl (C=O) groups excluding carboxylic acids is 1. The molecule has 2 fully saturated rings. The summed E-state index contributed by atoms with van der Waals surface area (Å²) in [4.78, 5) is 14.1. The lowest BCUT2D eigenvalue weighted by Gasteiger charge is -2.47. The van der Waals surface area contributed by atoms with Crippen molar-refractivity contribution in [3.8, 4) is 0 Å². The number of halogens is 1. The van der Waals surface area contributed by atoms with E-state index in [0.717, 1.165) is 25.7 Å². The van der Waals surface area contributed by atoms with Gasteiger partial charge < -0.3 is 10.0 Å². The van der Waals surface area contributed by atoms with Gasteiger partial charge in [0.1, 0.15) is 5.82 Å². The Bertz CT molecular complexity index is 519. The molecule has 1 N–H and O–H groups in total. The van der Waals surface area contributed by atoms with Crippen LogP contribution in [0.3, 0.4) is 0 Å². The Labute approximate surface area is 118 Å². The monoisotopic (exact) mass is 277 g/mol. The van der Waals surface area contributed by atoms with Gasteiger partial charge in [0.25, 0.3) is 5.91 Å². The van der Waals surface area contributed by atoms with Crippen LogP contribution in [0.25, 0.3) is 0 Å². The summed E-state index contributed by atoms with van der Waals surface area (Å²) in [5.41, 5.74) is -0.474. The summed E-state index contributed by atoms with van der Waals surface area (Å²) in [5.74, 6) is -0.585. The number of nitrogens with zero attached hydrogens (tertiary/aromatic N) is 1. The number of fused-ring (bicyclic) bond motifs is 1. The van der Waals surface area contributed by atoms with Gasteiger partial charge in [0.15, 0.2) is 0 Å². The Hall–Kier alpha value is -1.42. The molecule has 0 spiro atoms. The third-order valence-corrected chi connectivity index (χ3v) is 4.82. The summed E-state index contributed by atoms with van der Waals surface area (Å²) in [5, 5.41) is 10.6. The number of carbonyl (C=O) groups is 1. The first-order valence-electron chi connectivity index (χ1n) is 7.36. The molecule has 3 nitrogen and oxygen atoms in total. The molecule has 2 atom stereocenters. The predicted octanol–water partition coefficient (Wildman–Crippen LogP) is 2.59. The molecule has 0 bridgehead atoms. The molecule has 3 rings (SSSR count). The Balaban J connectivity index is 1.76. The minimum absolute atomic E-state index is 0.133. The highest BCUT2D eigenvalue weighted by Gasteiger charge is 2.43. The fraction of sp³-hybridized carbons (Fsp3) is 0.562. The second-order valence-corrected chi connectivity index (χ2v) is 6.03. The second-order valence-electron chi connectivity index (χ2n) is 6.03. The van der Waals surface area contributed by atoms with Crippen LogP contribution in [0.1, 0.15) is 42.5 Å². The zero-order chi connectivity index (χ0) is 14.2. The van der Waals surface area contributed by atoms with E-state index in [1.54, 1.807) is 17.0 Å². The molecule has 1 aliphatic carbocycles. The molecule has 0 aromatic heterocycles. The molecular formula is C16H20FNO2. The number of aliphatic hydroxyl groups is 1. The predicted molar refractivity (Wildman–Crippen MR) is 73.8 cm³/mol. The zero-order valence-electron chi connectivity index (χ0n) is 11.5. The number of hydrogen-bond acceptors (Lipinski definition) is 2. The zero-order valence-corrected chi connectivity index (χ0v) is 11.5. The number of amides is 1. The van der Waals surface area contributed by atoms with Crippen LogP contribution in [0, 0.1) is 11.7 Å². The van der Waals surface area contributed by atoms with Crippen molar-refractivity contribution in [3.63, 3.8) is 0 Å². The van der Waals surface area contributed by atoms with E-state index in [4.69, 9.17) is 0 Å². The third-order valence-electron chi connectivity index (χ3n) is 4.82. The second kappa shape index (κ2) is 5.17. The van der Waals surface area contributed by atoms with Gasteiger partial charge in [-0.2, -0.15) is 0 Å². The highest BCUT2D eigenvalue weighted by atomic mass is 19.1. The van der Waals surface area contributed by atoms with Crippen molar-refractivity contribution in [2.75, 3.05) is 13.1 Å². The minimum Gasteiger partial charge on any atom is -0.389 e. The summed E-state index contributed by atoms with van der Waals surface area (Å²) < 4.78 is 13.7. The first-order chi connectivity index (χ1) is 9.60.